The molecular formula is C21H31N5O4. The predicted octanol–water partition coefficient (Wildman–Crippen LogP) is 1.82. The molecule has 0 bridgehead atoms. The van der Waals surface area contributed by atoms with Gasteiger partial charge in [0, 0.05) is 32.7 Å². The molecule has 0 saturated carbocycles. The van der Waals surface area contributed by atoms with Crippen LogP contribution >= 0.6 is 0 Å². The first-order valence-electron chi connectivity index (χ1n) is 10.2. The van der Waals surface area contributed by atoms with Crippen LogP contribution in [0, 0.1) is 18.3 Å². The molecule has 164 valence electrons. The summed E-state index contributed by atoms with van der Waals surface area (Å²) in [5, 5.41) is 21.9. The number of piperazine rings is 1. The van der Waals surface area contributed by atoms with Crippen molar-refractivity contribution in [2.24, 2.45) is 0 Å². The lowest BCUT2D eigenvalue weighted by atomic mass is 10.1. The van der Waals surface area contributed by atoms with E-state index in [0.717, 1.165) is 0 Å². The van der Waals surface area contributed by atoms with Crippen molar-refractivity contribution in [3.05, 3.63) is 22.9 Å². The Morgan fingerprint density at radius 3 is 2.50 bits per heavy atom. The molecule has 1 atom stereocenters. The Bertz CT molecular complexity index is 820. The number of aliphatic hydroxyl groups excluding tert-OH is 1. The SMILES string of the molecule is CCC(O)CNC(=O)c1cc(C#N)c(N2CCN(C(=O)OC(C)(C)C)CC2)nc1C. The van der Waals surface area contributed by atoms with Gasteiger partial charge in [-0.1, -0.05) is 6.92 Å². The fourth-order valence-corrected chi connectivity index (χ4v) is 3.02. The molecule has 2 heterocycles. The Balaban J connectivity index is 2.10. The molecule has 0 aromatic carbocycles. The molecule has 1 aromatic rings. The monoisotopic (exact) mass is 417 g/mol. The molecule has 0 spiro atoms. The number of aryl methyl sites for hydroxylation is 1. The minimum atomic E-state index is -0.613. The number of carbonyl (C=O) groups excluding carboxylic acids is 2. The molecule has 1 unspecified atom stereocenters. The van der Waals surface area contributed by atoms with Crippen molar-refractivity contribution in [3.8, 4) is 6.07 Å². The maximum Gasteiger partial charge on any atom is 0.410 e. The van der Waals surface area contributed by atoms with E-state index in [1.165, 1.54) is 6.07 Å². The van der Waals surface area contributed by atoms with Gasteiger partial charge in [-0.25, -0.2) is 9.78 Å². The van der Waals surface area contributed by atoms with E-state index >= 15 is 0 Å². The van der Waals surface area contributed by atoms with E-state index in [1.807, 2.05) is 32.6 Å². The summed E-state index contributed by atoms with van der Waals surface area (Å²) in [6.45, 7) is 11.1. The number of nitrogens with one attached hydrogen (secondary N) is 1. The number of amides is 2. The number of hydrogen-bond donors (Lipinski definition) is 2. The first-order chi connectivity index (χ1) is 14.1. The predicted molar refractivity (Wildman–Crippen MR) is 112 cm³/mol. The first-order valence-corrected chi connectivity index (χ1v) is 10.2. The largest absolute Gasteiger partial charge is 0.444 e. The smallest absolute Gasteiger partial charge is 0.410 e. The van der Waals surface area contributed by atoms with E-state index in [-0.39, 0.29) is 18.5 Å². The summed E-state index contributed by atoms with van der Waals surface area (Å²) < 4.78 is 5.41. The second-order valence-electron chi connectivity index (χ2n) is 8.33. The summed E-state index contributed by atoms with van der Waals surface area (Å²) in [7, 11) is 0. The maximum absolute atomic E-state index is 12.4. The number of aromatic nitrogens is 1. The van der Waals surface area contributed by atoms with E-state index in [1.54, 1.807) is 11.8 Å². The van der Waals surface area contributed by atoms with Crippen LogP contribution in [-0.2, 0) is 4.74 Å². The summed E-state index contributed by atoms with van der Waals surface area (Å²) in [5.74, 6) is 0.134. The molecule has 2 rings (SSSR count). The second-order valence-corrected chi connectivity index (χ2v) is 8.33. The van der Waals surface area contributed by atoms with Gasteiger partial charge in [-0.15, -0.1) is 0 Å². The van der Waals surface area contributed by atoms with Crippen LogP contribution in [-0.4, -0.2) is 71.4 Å². The van der Waals surface area contributed by atoms with Crippen molar-refractivity contribution < 1.29 is 19.4 Å². The van der Waals surface area contributed by atoms with Gasteiger partial charge in [0.25, 0.3) is 5.91 Å². The minimum absolute atomic E-state index is 0.144. The number of carbonyl (C=O) groups is 2. The highest BCUT2D eigenvalue weighted by atomic mass is 16.6. The van der Waals surface area contributed by atoms with Gasteiger partial charge in [-0.3, -0.25) is 4.79 Å². The number of pyridine rings is 1. The third kappa shape index (κ3) is 6.07. The molecular weight excluding hydrogens is 386 g/mol. The third-order valence-corrected chi connectivity index (χ3v) is 4.76. The van der Waals surface area contributed by atoms with Crippen LogP contribution in [0.1, 0.15) is 55.7 Å². The highest BCUT2D eigenvalue weighted by Crippen LogP contribution is 2.23. The Morgan fingerprint density at radius 2 is 1.97 bits per heavy atom. The molecule has 1 aliphatic rings. The molecule has 30 heavy (non-hydrogen) atoms. The zero-order valence-electron chi connectivity index (χ0n) is 18.4. The topological polar surface area (TPSA) is 119 Å². The quantitative estimate of drug-likeness (QED) is 0.750. The minimum Gasteiger partial charge on any atom is -0.444 e. The zero-order valence-corrected chi connectivity index (χ0v) is 18.4. The van der Waals surface area contributed by atoms with E-state index in [9.17, 15) is 20.0 Å². The number of ether oxygens (including phenoxy) is 1. The van der Waals surface area contributed by atoms with Crippen LogP contribution < -0.4 is 10.2 Å². The molecule has 2 N–H and O–H groups in total. The highest BCUT2D eigenvalue weighted by molar-refractivity contribution is 5.96. The third-order valence-electron chi connectivity index (χ3n) is 4.76. The van der Waals surface area contributed by atoms with Gasteiger partial charge in [-0.2, -0.15) is 5.26 Å². The number of nitriles is 1. The number of aliphatic hydroxyl groups is 1. The van der Waals surface area contributed by atoms with E-state index in [2.05, 4.69) is 16.4 Å². The van der Waals surface area contributed by atoms with E-state index < -0.39 is 11.7 Å². The Morgan fingerprint density at radius 1 is 1.33 bits per heavy atom. The number of nitrogens with zero attached hydrogens (tertiary/aromatic N) is 4. The second kappa shape index (κ2) is 9.76. The van der Waals surface area contributed by atoms with Crippen molar-refractivity contribution in [1.29, 1.82) is 5.26 Å². The Hall–Kier alpha value is -2.86. The summed E-state index contributed by atoms with van der Waals surface area (Å²) in [6.07, 6.45) is -0.430. The van der Waals surface area contributed by atoms with Crippen molar-refractivity contribution >= 4 is 17.8 Å². The van der Waals surface area contributed by atoms with Crippen LogP contribution in [0.3, 0.4) is 0 Å². The Kier molecular flexibility index (Phi) is 7.62. The summed E-state index contributed by atoms with van der Waals surface area (Å²) >= 11 is 0. The summed E-state index contributed by atoms with van der Waals surface area (Å²) in [5.41, 5.74) is 0.560. The summed E-state index contributed by atoms with van der Waals surface area (Å²) in [4.78, 5) is 32.8. The standard InChI is InChI=1S/C21H31N5O4/c1-6-16(27)13-23-19(28)17-11-15(12-22)18(24-14(17)2)25-7-9-26(10-8-25)20(29)30-21(3,4)5/h11,16,27H,6-10,13H2,1-5H3,(H,23,28). The van der Waals surface area contributed by atoms with Crippen LogP contribution in [0.2, 0.25) is 0 Å². The van der Waals surface area contributed by atoms with Gasteiger partial charge >= 0.3 is 6.09 Å². The molecule has 9 nitrogen and oxygen atoms in total. The lowest BCUT2D eigenvalue weighted by Gasteiger charge is -2.36. The normalized spacial score (nSPS) is 15.4. The zero-order chi connectivity index (χ0) is 22.5. The van der Waals surface area contributed by atoms with Gasteiger partial charge < -0.3 is 25.0 Å². The molecule has 1 saturated heterocycles. The fraction of sp³-hybridized carbons (Fsp3) is 0.619. The van der Waals surface area contributed by atoms with E-state index in [4.69, 9.17) is 4.74 Å². The maximum atomic E-state index is 12.4. The van der Waals surface area contributed by atoms with Crippen LogP contribution in [0.5, 0.6) is 0 Å². The van der Waals surface area contributed by atoms with Gasteiger partial charge in [0.2, 0.25) is 0 Å². The van der Waals surface area contributed by atoms with Gasteiger partial charge in [0.15, 0.2) is 0 Å². The van der Waals surface area contributed by atoms with Gasteiger partial charge in [0.1, 0.15) is 17.5 Å². The van der Waals surface area contributed by atoms with Gasteiger partial charge in [0.05, 0.1) is 22.9 Å². The fourth-order valence-electron chi connectivity index (χ4n) is 3.02. The number of rotatable bonds is 5. The first kappa shape index (κ1) is 23.4. The molecule has 1 aliphatic heterocycles. The van der Waals surface area contributed by atoms with Crippen molar-refractivity contribution in [2.75, 3.05) is 37.6 Å². The van der Waals surface area contributed by atoms with Crippen LogP contribution in [0.25, 0.3) is 0 Å². The lowest BCUT2D eigenvalue weighted by molar-refractivity contribution is 0.0240. The number of anilines is 1. The molecule has 1 fully saturated rings. The highest BCUT2D eigenvalue weighted by Gasteiger charge is 2.28. The number of hydrogen-bond acceptors (Lipinski definition) is 7. The lowest BCUT2D eigenvalue weighted by Crippen LogP contribution is -2.50. The molecule has 1 aromatic heterocycles. The van der Waals surface area contributed by atoms with E-state index in [0.29, 0.717) is 55.2 Å². The van der Waals surface area contributed by atoms with Gasteiger partial charge in [-0.05, 0) is 40.2 Å². The Labute approximate surface area is 177 Å². The van der Waals surface area contributed by atoms with Crippen molar-refractivity contribution in [1.82, 2.24) is 15.2 Å². The molecule has 0 aliphatic carbocycles. The van der Waals surface area contributed by atoms with Crippen LogP contribution in [0.4, 0.5) is 10.6 Å². The average Bonchev–Trinajstić information content (AvgIpc) is 2.70. The van der Waals surface area contributed by atoms with Crippen LogP contribution in [0.15, 0.2) is 6.07 Å². The summed E-state index contributed by atoms with van der Waals surface area (Å²) in [6, 6.07) is 3.65. The molecule has 2 amide bonds. The van der Waals surface area contributed by atoms with Crippen molar-refractivity contribution in [2.45, 2.75) is 52.7 Å². The molecule has 0 radical (unpaired) electrons. The average molecular weight is 418 g/mol. The molecule has 9 heteroatoms. The van der Waals surface area contributed by atoms with Crippen molar-refractivity contribution in [3.63, 3.8) is 0 Å².